The molecule has 5 nitrogen and oxygen atoms in total. The first kappa shape index (κ1) is 12.6. The third-order valence-corrected chi connectivity index (χ3v) is 2.82. The van der Waals surface area contributed by atoms with Gasteiger partial charge in [-0.3, -0.25) is 5.10 Å². The summed E-state index contributed by atoms with van der Waals surface area (Å²) >= 11 is 3.36. The van der Waals surface area contributed by atoms with Crippen molar-refractivity contribution < 1.29 is 14.3 Å². The van der Waals surface area contributed by atoms with Gasteiger partial charge >= 0.3 is 5.97 Å². The van der Waals surface area contributed by atoms with Gasteiger partial charge < -0.3 is 9.47 Å². The second-order valence-electron chi connectivity index (χ2n) is 3.50. The Labute approximate surface area is 112 Å². The second kappa shape index (κ2) is 5.68. The van der Waals surface area contributed by atoms with Crippen LogP contribution < -0.4 is 4.74 Å². The quantitative estimate of drug-likeness (QED) is 0.881. The highest BCUT2D eigenvalue weighted by molar-refractivity contribution is 9.10. The molecular weight excluding hydrogens is 300 g/mol. The summed E-state index contributed by atoms with van der Waals surface area (Å²) in [6.45, 7) is 0.139. The highest BCUT2D eigenvalue weighted by Crippen LogP contribution is 2.23. The second-order valence-corrected chi connectivity index (χ2v) is 4.42. The number of ether oxygens (including phenoxy) is 2. The first-order valence-corrected chi connectivity index (χ1v) is 5.99. The summed E-state index contributed by atoms with van der Waals surface area (Å²) in [7, 11) is 1.57. The van der Waals surface area contributed by atoms with Gasteiger partial charge in [0.25, 0.3) is 0 Å². The van der Waals surface area contributed by atoms with Gasteiger partial charge in [-0.1, -0.05) is 15.9 Å². The van der Waals surface area contributed by atoms with E-state index >= 15 is 0 Å². The van der Waals surface area contributed by atoms with Crippen LogP contribution in [0, 0.1) is 0 Å². The van der Waals surface area contributed by atoms with Gasteiger partial charge in [-0.25, -0.2) is 4.79 Å². The lowest BCUT2D eigenvalue weighted by atomic mass is 10.2. The topological polar surface area (TPSA) is 64.2 Å². The molecule has 0 bridgehead atoms. The molecule has 6 heteroatoms. The van der Waals surface area contributed by atoms with E-state index in [9.17, 15) is 4.79 Å². The smallest absolute Gasteiger partial charge is 0.356 e. The van der Waals surface area contributed by atoms with Gasteiger partial charge in [0.2, 0.25) is 0 Å². The molecule has 0 aliphatic heterocycles. The number of carbonyl (C=O) groups is 1. The molecule has 0 atom stereocenters. The Kier molecular flexibility index (Phi) is 3.99. The van der Waals surface area contributed by atoms with E-state index in [1.165, 1.54) is 6.20 Å². The van der Waals surface area contributed by atoms with Crippen molar-refractivity contribution in [3.05, 3.63) is 46.2 Å². The molecule has 2 aromatic rings. The summed E-state index contributed by atoms with van der Waals surface area (Å²) < 4.78 is 11.2. The first-order valence-electron chi connectivity index (χ1n) is 5.19. The molecule has 1 aromatic carbocycles. The third kappa shape index (κ3) is 2.89. The molecule has 0 spiro atoms. The predicted molar refractivity (Wildman–Crippen MR) is 68.4 cm³/mol. The monoisotopic (exact) mass is 310 g/mol. The Hall–Kier alpha value is -1.82. The number of hydrogen-bond acceptors (Lipinski definition) is 4. The van der Waals surface area contributed by atoms with Gasteiger partial charge in [0.15, 0.2) is 0 Å². The number of nitrogens with one attached hydrogen (secondary N) is 1. The summed E-state index contributed by atoms with van der Waals surface area (Å²) in [5.74, 6) is 0.227. The van der Waals surface area contributed by atoms with Crippen molar-refractivity contribution in [1.29, 1.82) is 0 Å². The van der Waals surface area contributed by atoms with Crippen molar-refractivity contribution >= 4 is 21.9 Å². The Balaban J connectivity index is 2.06. The zero-order valence-electron chi connectivity index (χ0n) is 9.64. The third-order valence-electron chi connectivity index (χ3n) is 2.32. The van der Waals surface area contributed by atoms with Crippen LogP contribution in [-0.2, 0) is 11.3 Å². The van der Waals surface area contributed by atoms with Crippen LogP contribution in [0.1, 0.15) is 16.1 Å². The average molecular weight is 311 g/mol. The maximum atomic E-state index is 11.6. The summed E-state index contributed by atoms with van der Waals surface area (Å²) in [6, 6.07) is 7.07. The van der Waals surface area contributed by atoms with E-state index in [2.05, 4.69) is 26.1 Å². The van der Waals surface area contributed by atoms with E-state index in [1.54, 1.807) is 13.2 Å². The Bertz CT molecular complexity index is 540. The fourth-order valence-electron chi connectivity index (χ4n) is 1.45. The Morgan fingerprint density at radius 2 is 2.28 bits per heavy atom. The Morgan fingerprint density at radius 1 is 1.44 bits per heavy atom. The minimum atomic E-state index is -0.450. The van der Waals surface area contributed by atoms with Crippen LogP contribution >= 0.6 is 15.9 Å². The molecule has 0 saturated carbocycles. The van der Waals surface area contributed by atoms with E-state index in [0.717, 1.165) is 10.0 Å². The van der Waals surface area contributed by atoms with E-state index in [4.69, 9.17) is 9.47 Å². The molecule has 0 amide bonds. The molecule has 1 aromatic heterocycles. The molecule has 0 unspecified atom stereocenters. The zero-order chi connectivity index (χ0) is 13.0. The fraction of sp³-hybridized carbons (Fsp3) is 0.167. The van der Waals surface area contributed by atoms with Crippen molar-refractivity contribution in [2.75, 3.05) is 7.11 Å². The van der Waals surface area contributed by atoms with Crippen LogP contribution in [0.2, 0.25) is 0 Å². The minimum absolute atomic E-state index is 0.139. The maximum Gasteiger partial charge on any atom is 0.356 e. The molecular formula is C12H11BrN2O3. The van der Waals surface area contributed by atoms with Crippen molar-refractivity contribution in [1.82, 2.24) is 10.2 Å². The van der Waals surface area contributed by atoms with Gasteiger partial charge in [0, 0.05) is 16.2 Å². The lowest BCUT2D eigenvalue weighted by molar-refractivity contribution is 0.0463. The van der Waals surface area contributed by atoms with Crippen LogP contribution in [0.25, 0.3) is 0 Å². The van der Waals surface area contributed by atoms with Crippen LogP contribution in [0.3, 0.4) is 0 Å². The number of H-pyrrole nitrogens is 1. The normalized spacial score (nSPS) is 10.1. The molecule has 1 heterocycles. The summed E-state index contributed by atoms with van der Waals surface area (Å²) in [4.78, 5) is 11.6. The molecule has 2 rings (SSSR count). The van der Waals surface area contributed by atoms with Crippen LogP contribution in [0.15, 0.2) is 34.9 Å². The van der Waals surface area contributed by atoms with Crippen molar-refractivity contribution in [3.63, 3.8) is 0 Å². The van der Waals surface area contributed by atoms with Crippen LogP contribution in [-0.4, -0.2) is 23.3 Å². The number of aromatic amines is 1. The molecule has 0 fully saturated rings. The van der Waals surface area contributed by atoms with Crippen LogP contribution in [0.5, 0.6) is 5.75 Å². The van der Waals surface area contributed by atoms with E-state index in [-0.39, 0.29) is 6.61 Å². The molecule has 18 heavy (non-hydrogen) atoms. The number of halogens is 1. The highest BCUT2D eigenvalue weighted by Gasteiger charge is 2.10. The number of carbonyl (C=O) groups excluding carboxylic acids is 1. The van der Waals surface area contributed by atoms with Crippen molar-refractivity contribution in [2.24, 2.45) is 0 Å². The number of benzene rings is 1. The van der Waals surface area contributed by atoms with E-state index in [1.807, 2.05) is 18.2 Å². The first-order chi connectivity index (χ1) is 8.70. The van der Waals surface area contributed by atoms with Crippen LogP contribution in [0.4, 0.5) is 0 Å². The largest absolute Gasteiger partial charge is 0.496 e. The standard InChI is InChI=1S/C12H11BrN2O3/c1-17-11-3-2-9(13)6-8(11)7-18-12(16)10-4-5-14-15-10/h2-6H,7H2,1H3,(H,14,15). The van der Waals surface area contributed by atoms with E-state index in [0.29, 0.717) is 11.4 Å². The summed E-state index contributed by atoms with van der Waals surface area (Å²) in [5, 5.41) is 6.24. The van der Waals surface area contributed by atoms with Crippen molar-refractivity contribution in [2.45, 2.75) is 6.61 Å². The lowest BCUT2D eigenvalue weighted by Gasteiger charge is -2.09. The highest BCUT2D eigenvalue weighted by atomic mass is 79.9. The van der Waals surface area contributed by atoms with E-state index < -0.39 is 5.97 Å². The number of aromatic nitrogens is 2. The molecule has 0 aliphatic carbocycles. The summed E-state index contributed by atoms with van der Waals surface area (Å²) in [5.41, 5.74) is 1.11. The number of methoxy groups -OCH3 is 1. The van der Waals surface area contributed by atoms with Gasteiger partial charge in [0.05, 0.1) is 7.11 Å². The average Bonchev–Trinajstić information content (AvgIpc) is 2.90. The summed E-state index contributed by atoms with van der Waals surface area (Å²) in [6.07, 6.45) is 1.50. The van der Waals surface area contributed by atoms with Gasteiger partial charge in [-0.05, 0) is 24.3 Å². The number of nitrogens with zero attached hydrogens (tertiary/aromatic N) is 1. The lowest BCUT2D eigenvalue weighted by Crippen LogP contribution is -2.06. The minimum Gasteiger partial charge on any atom is -0.496 e. The number of rotatable bonds is 4. The zero-order valence-corrected chi connectivity index (χ0v) is 11.2. The number of hydrogen-bond donors (Lipinski definition) is 1. The molecule has 0 aliphatic rings. The molecule has 0 radical (unpaired) electrons. The van der Waals surface area contributed by atoms with Gasteiger partial charge in [-0.2, -0.15) is 5.10 Å². The van der Waals surface area contributed by atoms with Gasteiger partial charge in [-0.15, -0.1) is 0 Å². The van der Waals surface area contributed by atoms with Crippen molar-refractivity contribution in [3.8, 4) is 5.75 Å². The predicted octanol–water partition coefficient (Wildman–Crippen LogP) is 2.54. The molecule has 94 valence electrons. The SMILES string of the molecule is COc1ccc(Br)cc1COC(=O)c1ccn[nH]1. The number of esters is 1. The molecule has 1 N–H and O–H groups in total. The maximum absolute atomic E-state index is 11.6. The van der Waals surface area contributed by atoms with Gasteiger partial charge in [0.1, 0.15) is 18.1 Å². The fourth-order valence-corrected chi connectivity index (χ4v) is 1.86. The molecule has 0 saturated heterocycles. The Morgan fingerprint density at radius 3 is 2.94 bits per heavy atom.